The Balaban J connectivity index is 2.82. The molecule has 0 spiro atoms. The van der Waals surface area contributed by atoms with Gasteiger partial charge in [-0.15, -0.1) is 0 Å². The molecule has 0 unspecified atom stereocenters. The lowest BCUT2D eigenvalue weighted by Gasteiger charge is -2.10. The van der Waals surface area contributed by atoms with Crippen LogP contribution in [0.25, 0.3) is 0 Å². The monoisotopic (exact) mass is 218 g/mol. The van der Waals surface area contributed by atoms with Crippen molar-refractivity contribution >= 4 is 23.4 Å². The summed E-state index contributed by atoms with van der Waals surface area (Å²) in [5.74, 6) is -1.88. The average Bonchev–Trinajstić information content (AvgIpc) is 2.09. The van der Waals surface area contributed by atoms with Gasteiger partial charge in [0.05, 0.1) is 5.02 Å². The van der Waals surface area contributed by atoms with Gasteiger partial charge in [-0.3, -0.25) is 4.79 Å². The van der Waals surface area contributed by atoms with E-state index in [1.54, 1.807) is 0 Å². The van der Waals surface area contributed by atoms with E-state index >= 15 is 0 Å². The fourth-order valence-electron chi connectivity index (χ4n) is 0.788. The van der Waals surface area contributed by atoms with Crippen molar-refractivity contribution in [2.24, 2.45) is 0 Å². The number of anilines is 1. The number of carbonyl (C=O) groups is 1. The van der Waals surface area contributed by atoms with Crippen LogP contribution in [-0.2, 0) is 4.79 Å². The summed E-state index contributed by atoms with van der Waals surface area (Å²) in [6, 6.07) is 0.157. The summed E-state index contributed by atoms with van der Waals surface area (Å²) in [4.78, 5) is 14.1. The molecular formula is C8H8ClFN2O2. The van der Waals surface area contributed by atoms with Crippen molar-refractivity contribution in [3.05, 3.63) is 23.1 Å². The molecule has 0 saturated heterocycles. The highest BCUT2D eigenvalue weighted by Crippen LogP contribution is 2.15. The second kappa shape index (κ2) is 4.23. The Morgan fingerprint density at radius 2 is 2.43 bits per heavy atom. The molecule has 1 heterocycles. The van der Waals surface area contributed by atoms with Gasteiger partial charge in [-0.25, -0.2) is 9.37 Å². The van der Waals surface area contributed by atoms with Crippen molar-refractivity contribution in [2.75, 3.05) is 5.32 Å². The summed E-state index contributed by atoms with van der Waals surface area (Å²) in [6.45, 7) is 1.39. The molecule has 0 bridgehead atoms. The molecule has 1 atom stereocenters. The molecule has 1 aromatic rings. The molecule has 0 aliphatic heterocycles. The van der Waals surface area contributed by atoms with Crippen LogP contribution in [0.15, 0.2) is 12.3 Å². The van der Waals surface area contributed by atoms with E-state index in [9.17, 15) is 9.18 Å². The molecule has 0 amide bonds. The van der Waals surface area contributed by atoms with E-state index in [2.05, 4.69) is 10.3 Å². The van der Waals surface area contributed by atoms with Crippen LogP contribution in [-0.4, -0.2) is 22.1 Å². The first-order valence-electron chi connectivity index (χ1n) is 3.81. The highest BCUT2D eigenvalue weighted by Gasteiger charge is 2.13. The molecule has 76 valence electrons. The predicted molar refractivity (Wildman–Crippen MR) is 49.9 cm³/mol. The zero-order valence-corrected chi connectivity index (χ0v) is 8.05. The molecule has 0 aliphatic rings. The Kier molecular flexibility index (Phi) is 3.24. The third-order valence-corrected chi connectivity index (χ3v) is 1.74. The molecule has 0 fully saturated rings. The van der Waals surface area contributed by atoms with E-state index in [4.69, 9.17) is 16.7 Å². The van der Waals surface area contributed by atoms with Crippen molar-refractivity contribution in [3.8, 4) is 0 Å². The number of carboxylic acids is 1. The number of halogens is 2. The molecule has 1 aromatic heterocycles. The number of pyridine rings is 1. The topological polar surface area (TPSA) is 62.2 Å². The van der Waals surface area contributed by atoms with Gasteiger partial charge in [0.1, 0.15) is 6.04 Å². The standard InChI is InChI=1S/C8H8ClFN2O2/c1-4(8(13)14)12-7-6(10)2-5(9)3-11-7/h2-4H,1H3,(H,11,12)(H,13,14)/t4-/m0/s1. The lowest BCUT2D eigenvalue weighted by Crippen LogP contribution is -2.26. The lowest BCUT2D eigenvalue weighted by atomic mass is 10.3. The van der Waals surface area contributed by atoms with Gasteiger partial charge in [0.25, 0.3) is 0 Å². The van der Waals surface area contributed by atoms with Gasteiger partial charge in [-0.05, 0) is 13.0 Å². The first-order valence-corrected chi connectivity index (χ1v) is 4.19. The van der Waals surface area contributed by atoms with E-state index in [1.165, 1.54) is 13.1 Å². The van der Waals surface area contributed by atoms with E-state index in [1.807, 2.05) is 0 Å². The lowest BCUT2D eigenvalue weighted by molar-refractivity contribution is -0.137. The summed E-state index contributed by atoms with van der Waals surface area (Å²) in [7, 11) is 0. The zero-order chi connectivity index (χ0) is 10.7. The van der Waals surface area contributed by atoms with Crippen molar-refractivity contribution in [2.45, 2.75) is 13.0 Å². The van der Waals surface area contributed by atoms with Crippen molar-refractivity contribution in [1.82, 2.24) is 4.98 Å². The molecular weight excluding hydrogens is 211 g/mol. The van der Waals surface area contributed by atoms with Gasteiger partial charge in [-0.2, -0.15) is 0 Å². The minimum Gasteiger partial charge on any atom is -0.480 e. The molecule has 6 heteroatoms. The van der Waals surface area contributed by atoms with E-state index in [0.29, 0.717) is 0 Å². The van der Waals surface area contributed by atoms with Gasteiger partial charge < -0.3 is 10.4 Å². The molecule has 0 radical (unpaired) electrons. The fraction of sp³-hybridized carbons (Fsp3) is 0.250. The maximum absolute atomic E-state index is 13.1. The van der Waals surface area contributed by atoms with Crippen LogP contribution in [0.1, 0.15) is 6.92 Å². The quantitative estimate of drug-likeness (QED) is 0.812. The predicted octanol–water partition coefficient (Wildman–Crippen LogP) is 1.76. The summed E-state index contributed by atoms with van der Waals surface area (Å²) >= 11 is 5.47. The fourth-order valence-corrected chi connectivity index (χ4v) is 0.932. The van der Waals surface area contributed by atoms with Crippen molar-refractivity contribution in [3.63, 3.8) is 0 Å². The number of hydrogen-bond donors (Lipinski definition) is 2. The molecule has 2 N–H and O–H groups in total. The van der Waals surface area contributed by atoms with Crippen LogP contribution in [0.4, 0.5) is 10.2 Å². The van der Waals surface area contributed by atoms with Gasteiger partial charge in [0.15, 0.2) is 11.6 Å². The van der Waals surface area contributed by atoms with Crippen molar-refractivity contribution < 1.29 is 14.3 Å². The van der Waals surface area contributed by atoms with Gasteiger partial charge in [-0.1, -0.05) is 11.6 Å². The number of aliphatic carboxylic acids is 1. The van der Waals surface area contributed by atoms with E-state index in [0.717, 1.165) is 6.07 Å². The Morgan fingerprint density at radius 3 is 2.93 bits per heavy atom. The van der Waals surface area contributed by atoms with Gasteiger partial charge >= 0.3 is 5.97 Å². The second-order valence-electron chi connectivity index (χ2n) is 2.69. The molecule has 4 nitrogen and oxygen atoms in total. The van der Waals surface area contributed by atoms with Crippen molar-refractivity contribution in [1.29, 1.82) is 0 Å². The van der Waals surface area contributed by atoms with Gasteiger partial charge in [0.2, 0.25) is 0 Å². The van der Waals surface area contributed by atoms with Crippen LogP contribution < -0.4 is 5.32 Å². The van der Waals surface area contributed by atoms with E-state index < -0.39 is 17.8 Å². The second-order valence-corrected chi connectivity index (χ2v) is 3.12. The summed E-state index contributed by atoms with van der Waals surface area (Å²) in [6.07, 6.45) is 1.24. The third-order valence-electron chi connectivity index (χ3n) is 1.53. The Morgan fingerprint density at radius 1 is 1.79 bits per heavy atom. The van der Waals surface area contributed by atoms with E-state index in [-0.39, 0.29) is 10.8 Å². The smallest absolute Gasteiger partial charge is 0.325 e. The molecule has 1 rings (SSSR count). The minimum atomic E-state index is -1.08. The largest absolute Gasteiger partial charge is 0.480 e. The summed E-state index contributed by atoms with van der Waals surface area (Å²) in [5.41, 5.74) is 0. The first-order chi connectivity index (χ1) is 6.50. The third kappa shape index (κ3) is 2.56. The maximum atomic E-state index is 13.1. The van der Waals surface area contributed by atoms with Crippen LogP contribution in [0.5, 0.6) is 0 Å². The number of aromatic nitrogens is 1. The number of nitrogens with zero attached hydrogens (tertiary/aromatic N) is 1. The summed E-state index contributed by atoms with van der Waals surface area (Å²) < 4.78 is 13.1. The van der Waals surface area contributed by atoms with Crippen LogP contribution >= 0.6 is 11.6 Å². The zero-order valence-electron chi connectivity index (χ0n) is 7.29. The van der Waals surface area contributed by atoms with Gasteiger partial charge in [0, 0.05) is 6.20 Å². The maximum Gasteiger partial charge on any atom is 0.325 e. The number of hydrogen-bond acceptors (Lipinski definition) is 3. The molecule has 0 aliphatic carbocycles. The highest BCUT2D eigenvalue weighted by atomic mass is 35.5. The number of carboxylic acid groups (broad SMARTS) is 1. The molecule has 0 saturated carbocycles. The van der Waals surface area contributed by atoms with Crippen LogP contribution in [0.2, 0.25) is 5.02 Å². The van der Waals surface area contributed by atoms with Crippen LogP contribution in [0.3, 0.4) is 0 Å². The summed E-state index contributed by atoms with van der Waals surface area (Å²) in [5, 5.41) is 11.1. The molecule has 0 aromatic carbocycles. The highest BCUT2D eigenvalue weighted by molar-refractivity contribution is 6.30. The SMILES string of the molecule is C[C@H](Nc1ncc(Cl)cc1F)C(=O)O. The average molecular weight is 219 g/mol. The molecule has 14 heavy (non-hydrogen) atoms. The Bertz CT molecular complexity index is 359. The number of rotatable bonds is 3. The van der Waals surface area contributed by atoms with Crippen LogP contribution in [0, 0.1) is 5.82 Å². The number of nitrogens with one attached hydrogen (secondary N) is 1. The minimum absolute atomic E-state index is 0.121. The Labute approximate surface area is 84.7 Å². The normalized spacial score (nSPS) is 12.2. The first kappa shape index (κ1) is 10.7. The Hall–Kier alpha value is -1.36.